The summed E-state index contributed by atoms with van der Waals surface area (Å²) in [5.74, 6) is 1.56. The molecule has 0 spiro atoms. The van der Waals surface area contributed by atoms with E-state index in [1.807, 2.05) is 0 Å². The Bertz CT molecular complexity index is 908. The van der Waals surface area contributed by atoms with Crippen molar-refractivity contribution in [3.63, 3.8) is 0 Å². The Kier molecular flexibility index (Phi) is 5.18. The van der Waals surface area contributed by atoms with Gasteiger partial charge in [0.2, 0.25) is 0 Å². The number of aromatic nitrogens is 1. The lowest BCUT2D eigenvalue weighted by atomic mass is 10.0. The summed E-state index contributed by atoms with van der Waals surface area (Å²) >= 11 is 12.3. The molecule has 0 aliphatic rings. The van der Waals surface area contributed by atoms with E-state index in [0.717, 1.165) is 0 Å². The molecule has 5 nitrogen and oxygen atoms in total. The van der Waals surface area contributed by atoms with Gasteiger partial charge in [-0.05, 0) is 24.3 Å². The summed E-state index contributed by atoms with van der Waals surface area (Å²) < 4.78 is 16.1. The first kappa shape index (κ1) is 17.6. The van der Waals surface area contributed by atoms with E-state index in [-0.39, 0.29) is 6.61 Å². The molecule has 0 fully saturated rings. The van der Waals surface area contributed by atoms with Gasteiger partial charge in [0.25, 0.3) is 0 Å². The van der Waals surface area contributed by atoms with Crippen LogP contribution in [0.15, 0.2) is 40.9 Å². The number of methoxy groups -OCH3 is 2. The molecule has 3 rings (SSSR count). The lowest BCUT2D eigenvalue weighted by Crippen LogP contribution is -1.94. The molecule has 0 saturated heterocycles. The minimum absolute atomic E-state index is 0.286. The van der Waals surface area contributed by atoms with E-state index in [2.05, 4.69) is 5.16 Å². The Labute approximate surface area is 154 Å². The molecule has 0 aliphatic heterocycles. The van der Waals surface area contributed by atoms with Crippen molar-refractivity contribution < 1.29 is 19.1 Å². The number of ether oxygens (including phenoxy) is 2. The molecule has 0 unspecified atom stereocenters. The quantitative estimate of drug-likeness (QED) is 0.687. The molecule has 0 atom stereocenters. The highest BCUT2D eigenvalue weighted by Gasteiger charge is 2.23. The maximum atomic E-state index is 9.89. The number of benzene rings is 2. The van der Waals surface area contributed by atoms with Gasteiger partial charge < -0.3 is 19.1 Å². The van der Waals surface area contributed by atoms with Gasteiger partial charge in [-0.1, -0.05) is 34.4 Å². The topological polar surface area (TPSA) is 64.7 Å². The molecule has 7 heteroatoms. The monoisotopic (exact) mass is 379 g/mol. The van der Waals surface area contributed by atoms with E-state index in [1.165, 1.54) is 0 Å². The second-order valence-electron chi connectivity index (χ2n) is 5.16. The normalized spacial score (nSPS) is 10.8. The van der Waals surface area contributed by atoms with E-state index >= 15 is 0 Å². The highest BCUT2D eigenvalue weighted by Crippen LogP contribution is 2.41. The minimum atomic E-state index is -0.286. The van der Waals surface area contributed by atoms with Gasteiger partial charge >= 0.3 is 0 Å². The third-order valence-corrected chi connectivity index (χ3v) is 4.63. The van der Waals surface area contributed by atoms with Gasteiger partial charge in [0.15, 0.2) is 5.76 Å². The zero-order chi connectivity index (χ0) is 18.0. The second kappa shape index (κ2) is 7.35. The molecule has 0 amide bonds. The Hall–Kier alpha value is -2.21. The van der Waals surface area contributed by atoms with Crippen molar-refractivity contribution in [2.75, 3.05) is 14.2 Å². The number of hydrogen-bond donors (Lipinski definition) is 1. The number of aliphatic hydroxyl groups excluding tert-OH is 1. The van der Waals surface area contributed by atoms with Crippen molar-refractivity contribution in [2.45, 2.75) is 6.61 Å². The van der Waals surface area contributed by atoms with Crippen molar-refractivity contribution in [3.8, 4) is 34.1 Å². The van der Waals surface area contributed by atoms with Crippen molar-refractivity contribution >= 4 is 23.2 Å². The van der Waals surface area contributed by atoms with E-state index < -0.39 is 0 Å². The van der Waals surface area contributed by atoms with Crippen LogP contribution in [0.25, 0.3) is 22.6 Å². The van der Waals surface area contributed by atoms with Crippen LogP contribution >= 0.6 is 23.2 Å². The predicted molar refractivity (Wildman–Crippen MR) is 96.4 cm³/mol. The lowest BCUT2D eigenvalue weighted by molar-refractivity contribution is 0.281. The number of hydrogen-bond acceptors (Lipinski definition) is 5. The van der Waals surface area contributed by atoms with Crippen LogP contribution in [-0.2, 0) is 6.61 Å². The highest BCUT2D eigenvalue weighted by molar-refractivity contribution is 6.43. The van der Waals surface area contributed by atoms with Crippen molar-refractivity contribution in [1.29, 1.82) is 0 Å². The number of aliphatic hydroxyl groups is 1. The van der Waals surface area contributed by atoms with Gasteiger partial charge in [0.05, 0.1) is 36.4 Å². The Balaban J connectivity index is 2.17. The summed E-state index contributed by atoms with van der Waals surface area (Å²) in [5.41, 5.74) is 2.19. The molecule has 3 aromatic rings. The first-order chi connectivity index (χ1) is 12.1. The van der Waals surface area contributed by atoms with E-state index in [9.17, 15) is 5.11 Å². The first-order valence-electron chi connectivity index (χ1n) is 7.36. The lowest BCUT2D eigenvalue weighted by Gasteiger charge is -2.09. The molecule has 0 saturated carbocycles. The second-order valence-corrected chi connectivity index (χ2v) is 5.95. The standard InChI is InChI=1S/C18H15Cl2NO4/c1-23-10-6-7-11(15(8-10)24-2)17-13(9-22)18(25-21-17)12-4-3-5-14(19)16(12)20/h3-8,22H,9H2,1-2H3. The fraction of sp³-hybridized carbons (Fsp3) is 0.167. The Morgan fingerprint density at radius 3 is 2.56 bits per heavy atom. The van der Waals surface area contributed by atoms with Crippen LogP contribution in [0.1, 0.15) is 5.56 Å². The summed E-state index contributed by atoms with van der Waals surface area (Å²) in [5, 5.41) is 14.7. The van der Waals surface area contributed by atoms with Crippen LogP contribution in [0.5, 0.6) is 11.5 Å². The molecular formula is C18H15Cl2NO4. The van der Waals surface area contributed by atoms with Gasteiger partial charge in [-0.15, -0.1) is 0 Å². The fourth-order valence-electron chi connectivity index (χ4n) is 2.55. The van der Waals surface area contributed by atoms with Gasteiger partial charge in [0, 0.05) is 17.2 Å². The Morgan fingerprint density at radius 1 is 1.08 bits per heavy atom. The summed E-state index contributed by atoms with van der Waals surface area (Å²) in [6, 6.07) is 10.5. The molecule has 0 aliphatic carbocycles. The maximum Gasteiger partial charge on any atom is 0.174 e. The SMILES string of the molecule is COc1ccc(-c2noc(-c3cccc(Cl)c3Cl)c2CO)c(OC)c1. The van der Waals surface area contributed by atoms with Crippen LogP contribution in [0, 0.1) is 0 Å². The molecule has 130 valence electrons. The minimum Gasteiger partial charge on any atom is -0.497 e. The number of nitrogens with zero attached hydrogens (tertiary/aromatic N) is 1. The van der Waals surface area contributed by atoms with Crippen LogP contribution in [0.4, 0.5) is 0 Å². The summed E-state index contributed by atoms with van der Waals surface area (Å²) in [4.78, 5) is 0. The number of rotatable bonds is 5. The number of halogens is 2. The van der Waals surface area contributed by atoms with Crippen molar-refractivity contribution in [3.05, 3.63) is 52.0 Å². The molecule has 0 radical (unpaired) electrons. The van der Waals surface area contributed by atoms with Crippen molar-refractivity contribution in [2.24, 2.45) is 0 Å². The van der Waals surface area contributed by atoms with Gasteiger partial charge in [-0.2, -0.15) is 0 Å². The zero-order valence-electron chi connectivity index (χ0n) is 13.5. The fourth-order valence-corrected chi connectivity index (χ4v) is 2.94. The largest absolute Gasteiger partial charge is 0.497 e. The van der Waals surface area contributed by atoms with Crippen LogP contribution in [0.2, 0.25) is 10.0 Å². The molecule has 1 N–H and O–H groups in total. The average molecular weight is 380 g/mol. The zero-order valence-corrected chi connectivity index (χ0v) is 15.1. The summed E-state index contributed by atoms with van der Waals surface area (Å²) in [7, 11) is 3.12. The third-order valence-electron chi connectivity index (χ3n) is 3.81. The summed E-state index contributed by atoms with van der Waals surface area (Å²) in [6.45, 7) is -0.286. The van der Waals surface area contributed by atoms with E-state index in [1.54, 1.807) is 50.6 Å². The molecule has 1 aromatic heterocycles. The maximum absolute atomic E-state index is 9.89. The molecule has 0 bridgehead atoms. The highest BCUT2D eigenvalue weighted by atomic mass is 35.5. The molecule has 25 heavy (non-hydrogen) atoms. The van der Waals surface area contributed by atoms with Crippen LogP contribution in [0.3, 0.4) is 0 Å². The van der Waals surface area contributed by atoms with Crippen molar-refractivity contribution in [1.82, 2.24) is 5.16 Å². The smallest absolute Gasteiger partial charge is 0.174 e. The molecular weight excluding hydrogens is 365 g/mol. The average Bonchev–Trinajstić information content (AvgIpc) is 3.06. The van der Waals surface area contributed by atoms with E-state index in [4.69, 9.17) is 37.2 Å². The van der Waals surface area contributed by atoms with Crippen LogP contribution in [-0.4, -0.2) is 24.5 Å². The van der Waals surface area contributed by atoms with Gasteiger partial charge in [-0.25, -0.2) is 0 Å². The predicted octanol–water partition coefficient (Wildman–Crippen LogP) is 4.82. The van der Waals surface area contributed by atoms with Gasteiger partial charge in [0.1, 0.15) is 17.2 Å². The van der Waals surface area contributed by atoms with Gasteiger partial charge in [-0.3, -0.25) is 0 Å². The summed E-state index contributed by atoms with van der Waals surface area (Å²) in [6.07, 6.45) is 0. The Morgan fingerprint density at radius 2 is 1.88 bits per heavy atom. The first-order valence-corrected chi connectivity index (χ1v) is 8.12. The molecule has 1 heterocycles. The van der Waals surface area contributed by atoms with Crippen LogP contribution < -0.4 is 9.47 Å². The van der Waals surface area contributed by atoms with E-state index in [0.29, 0.717) is 49.7 Å². The third kappa shape index (κ3) is 3.18. The molecule has 2 aromatic carbocycles.